The Labute approximate surface area is 164 Å². The van der Waals surface area contributed by atoms with Gasteiger partial charge in [-0.25, -0.2) is 9.67 Å². The molecule has 27 heavy (non-hydrogen) atoms. The average Bonchev–Trinajstić information content (AvgIpc) is 3.18. The number of pyridine rings is 1. The van der Waals surface area contributed by atoms with Crippen LogP contribution in [0.3, 0.4) is 0 Å². The highest BCUT2D eigenvalue weighted by molar-refractivity contribution is 6.29. The maximum Gasteiger partial charge on any atom is 0.190 e. The van der Waals surface area contributed by atoms with E-state index in [1.54, 1.807) is 19.3 Å². The first kappa shape index (κ1) is 18.9. The maximum atomic E-state index is 5.80. The molecule has 1 aromatic carbocycles. The number of hydrogen-bond donors (Lipinski definition) is 2. The SMILES string of the molecule is CN=C(NCCc1ccc(Cl)nc1)NCCc1cnn(-c2ccccc2)c1. The van der Waals surface area contributed by atoms with Gasteiger partial charge in [0.25, 0.3) is 0 Å². The van der Waals surface area contributed by atoms with Crippen molar-refractivity contribution in [2.45, 2.75) is 12.8 Å². The van der Waals surface area contributed by atoms with Gasteiger partial charge >= 0.3 is 0 Å². The molecule has 2 aromatic heterocycles. The van der Waals surface area contributed by atoms with E-state index in [4.69, 9.17) is 11.6 Å². The van der Waals surface area contributed by atoms with Crippen molar-refractivity contribution in [3.05, 3.63) is 77.3 Å². The number of hydrogen-bond acceptors (Lipinski definition) is 3. The van der Waals surface area contributed by atoms with Gasteiger partial charge in [0.1, 0.15) is 5.15 Å². The summed E-state index contributed by atoms with van der Waals surface area (Å²) in [5.41, 5.74) is 3.37. The Morgan fingerprint density at radius 3 is 2.41 bits per heavy atom. The first-order valence-corrected chi connectivity index (χ1v) is 9.26. The predicted octanol–water partition coefficient (Wildman–Crippen LogP) is 2.87. The number of benzene rings is 1. The Hall–Kier alpha value is -2.86. The molecular weight excluding hydrogens is 360 g/mol. The van der Waals surface area contributed by atoms with Crippen LogP contribution < -0.4 is 10.6 Å². The minimum atomic E-state index is 0.514. The third-order valence-electron chi connectivity index (χ3n) is 4.08. The van der Waals surface area contributed by atoms with Gasteiger partial charge in [-0.3, -0.25) is 4.99 Å². The topological polar surface area (TPSA) is 67.1 Å². The summed E-state index contributed by atoms with van der Waals surface area (Å²) < 4.78 is 1.89. The molecule has 0 aliphatic rings. The molecule has 3 aromatic rings. The largest absolute Gasteiger partial charge is 0.356 e. The van der Waals surface area contributed by atoms with Crippen LogP contribution in [0.5, 0.6) is 0 Å². The van der Waals surface area contributed by atoms with Gasteiger partial charge in [-0.2, -0.15) is 5.10 Å². The molecule has 0 spiro atoms. The lowest BCUT2D eigenvalue weighted by molar-refractivity contribution is 0.783. The van der Waals surface area contributed by atoms with E-state index in [1.807, 2.05) is 47.3 Å². The fraction of sp³-hybridized carbons (Fsp3) is 0.250. The molecule has 3 rings (SSSR count). The predicted molar refractivity (Wildman–Crippen MR) is 110 cm³/mol. The van der Waals surface area contributed by atoms with Gasteiger partial charge in [-0.05, 0) is 42.2 Å². The monoisotopic (exact) mass is 382 g/mol. The molecule has 0 saturated heterocycles. The summed E-state index contributed by atoms with van der Waals surface area (Å²) in [5, 5.41) is 11.6. The first-order valence-electron chi connectivity index (χ1n) is 8.88. The van der Waals surface area contributed by atoms with Crippen LogP contribution in [0.1, 0.15) is 11.1 Å². The second-order valence-corrected chi connectivity index (χ2v) is 6.43. The molecule has 7 heteroatoms. The highest BCUT2D eigenvalue weighted by Crippen LogP contribution is 2.08. The standard InChI is InChI=1S/C20H23ClN6/c1-22-20(23-11-9-16-7-8-19(21)25-13-16)24-12-10-17-14-26-27(15-17)18-5-3-2-4-6-18/h2-8,13-15H,9-12H2,1H3,(H2,22,23,24). The highest BCUT2D eigenvalue weighted by Gasteiger charge is 2.02. The number of nitrogens with one attached hydrogen (secondary N) is 2. The molecule has 6 nitrogen and oxygen atoms in total. The van der Waals surface area contributed by atoms with Crippen molar-refractivity contribution < 1.29 is 0 Å². The Balaban J connectivity index is 1.41. The minimum absolute atomic E-state index is 0.514. The quantitative estimate of drug-likeness (QED) is 0.374. The number of guanidine groups is 1. The van der Waals surface area contributed by atoms with Crippen molar-refractivity contribution in [1.82, 2.24) is 25.4 Å². The summed E-state index contributed by atoms with van der Waals surface area (Å²) in [5.74, 6) is 0.785. The van der Waals surface area contributed by atoms with Crippen molar-refractivity contribution in [2.24, 2.45) is 4.99 Å². The molecule has 0 aliphatic carbocycles. The second kappa shape index (κ2) is 9.73. The summed E-state index contributed by atoms with van der Waals surface area (Å²) in [6.07, 6.45) is 7.48. The van der Waals surface area contributed by atoms with Crippen LogP contribution in [0.15, 0.2) is 66.0 Å². The lowest BCUT2D eigenvalue weighted by atomic mass is 10.2. The Kier molecular flexibility index (Phi) is 6.82. The molecule has 0 aliphatic heterocycles. The molecule has 0 atom stereocenters. The minimum Gasteiger partial charge on any atom is -0.356 e. The summed E-state index contributed by atoms with van der Waals surface area (Å²) in [6.45, 7) is 1.55. The summed E-state index contributed by atoms with van der Waals surface area (Å²) >= 11 is 5.80. The molecule has 140 valence electrons. The van der Waals surface area contributed by atoms with E-state index in [0.29, 0.717) is 5.15 Å². The first-order chi connectivity index (χ1) is 13.2. The third kappa shape index (κ3) is 5.82. The van der Waals surface area contributed by atoms with E-state index in [2.05, 4.69) is 31.9 Å². The van der Waals surface area contributed by atoms with Crippen molar-refractivity contribution in [2.75, 3.05) is 20.1 Å². The summed E-state index contributed by atoms with van der Waals surface area (Å²) in [6, 6.07) is 13.9. The lowest BCUT2D eigenvalue weighted by Gasteiger charge is -2.11. The second-order valence-electron chi connectivity index (χ2n) is 6.04. The van der Waals surface area contributed by atoms with E-state index >= 15 is 0 Å². The molecule has 2 heterocycles. The van der Waals surface area contributed by atoms with Crippen LogP contribution in [0.4, 0.5) is 0 Å². The van der Waals surface area contributed by atoms with Gasteiger partial charge in [-0.1, -0.05) is 35.9 Å². The number of aliphatic imine (C=N–C) groups is 1. The van der Waals surface area contributed by atoms with Crippen LogP contribution in [0.2, 0.25) is 5.15 Å². The zero-order chi connectivity index (χ0) is 18.9. The van der Waals surface area contributed by atoms with E-state index in [0.717, 1.165) is 43.1 Å². The van der Waals surface area contributed by atoms with E-state index < -0.39 is 0 Å². The van der Waals surface area contributed by atoms with Gasteiger partial charge in [0, 0.05) is 32.5 Å². The van der Waals surface area contributed by atoms with Gasteiger partial charge in [-0.15, -0.1) is 0 Å². The highest BCUT2D eigenvalue weighted by atomic mass is 35.5. The number of para-hydroxylation sites is 1. The van der Waals surface area contributed by atoms with E-state index in [1.165, 1.54) is 5.56 Å². The number of nitrogens with zero attached hydrogens (tertiary/aromatic N) is 4. The normalized spacial score (nSPS) is 11.4. The van der Waals surface area contributed by atoms with Crippen molar-refractivity contribution in [3.8, 4) is 5.69 Å². The van der Waals surface area contributed by atoms with E-state index in [-0.39, 0.29) is 0 Å². The molecule has 0 bridgehead atoms. The molecule has 0 amide bonds. The van der Waals surface area contributed by atoms with Crippen LogP contribution in [0, 0.1) is 0 Å². The molecule has 2 N–H and O–H groups in total. The molecule has 0 fully saturated rings. The van der Waals surface area contributed by atoms with Gasteiger partial charge in [0.05, 0.1) is 11.9 Å². The van der Waals surface area contributed by atoms with Crippen molar-refractivity contribution in [1.29, 1.82) is 0 Å². The third-order valence-corrected chi connectivity index (χ3v) is 4.30. The summed E-state index contributed by atoms with van der Waals surface area (Å²) in [7, 11) is 1.77. The Morgan fingerprint density at radius 1 is 1.00 bits per heavy atom. The van der Waals surface area contributed by atoms with Crippen LogP contribution >= 0.6 is 11.6 Å². The number of halogens is 1. The maximum absolute atomic E-state index is 5.80. The van der Waals surface area contributed by atoms with Crippen molar-refractivity contribution >= 4 is 17.6 Å². The van der Waals surface area contributed by atoms with Crippen LogP contribution in [-0.2, 0) is 12.8 Å². The van der Waals surface area contributed by atoms with Gasteiger partial charge < -0.3 is 10.6 Å². The van der Waals surface area contributed by atoms with Crippen LogP contribution in [0.25, 0.3) is 5.69 Å². The Bertz CT molecular complexity index is 858. The molecule has 0 unspecified atom stereocenters. The summed E-state index contributed by atoms with van der Waals surface area (Å²) in [4.78, 5) is 8.34. The zero-order valence-electron chi connectivity index (χ0n) is 15.3. The Morgan fingerprint density at radius 2 is 1.74 bits per heavy atom. The molecule has 0 radical (unpaired) electrons. The van der Waals surface area contributed by atoms with Gasteiger partial charge in [0.15, 0.2) is 5.96 Å². The van der Waals surface area contributed by atoms with Gasteiger partial charge in [0.2, 0.25) is 0 Å². The molecular formula is C20H23ClN6. The molecule has 0 saturated carbocycles. The smallest absolute Gasteiger partial charge is 0.190 e. The zero-order valence-corrected chi connectivity index (χ0v) is 16.0. The van der Waals surface area contributed by atoms with E-state index in [9.17, 15) is 0 Å². The van der Waals surface area contributed by atoms with Crippen molar-refractivity contribution in [3.63, 3.8) is 0 Å². The fourth-order valence-electron chi connectivity index (χ4n) is 2.64. The lowest BCUT2D eigenvalue weighted by Crippen LogP contribution is -2.39. The number of rotatable bonds is 7. The number of aromatic nitrogens is 3. The van der Waals surface area contributed by atoms with Crippen LogP contribution in [-0.4, -0.2) is 40.9 Å². The fourth-order valence-corrected chi connectivity index (χ4v) is 2.75. The average molecular weight is 383 g/mol.